The summed E-state index contributed by atoms with van der Waals surface area (Å²) >= 11 is 0. The van der Waals surface area contributed by atoms with E-state index < -0.39 is 0 Å². The molecule has 0 spiro atoms. The first-order chi connectivity index (χ1) is 17.1. The van der Waals surface area contributed by atoms with E-state index in [2.05, 4.69) is 59.8 Å². The standard InChI is InChI=1S/C19H13N2.C12H22O2.Ir/c1-2-9-16(10-3-1)21-18-12-5-4-8-15(18)14-19(21)17-11-6-7-13-20-17;1-3-7-5-9-6-8(4-2)12(14)10(9)11(7)13;/h1-13H;7-14H,3-6H2,1-2H3;/q-1;;/t;7-,8+,9?,10?,11?,12?;. The molecule has 0 amide bonds. The molecule has 5 heteroatoms. The van der Waals surface area contributed by atoms with Crippen LogP contribution in [0.5, 0.6) is 0 Å². The van der Waals surface area contributed by atoms with E-state index in [1.165, 1.54) is 0 Å². The quantitative estimate of drug-likeness (QED) is 0.253. The number of nitrogens with zero attached hydrogens (tertiary/aromatic N) is 2. The van der Waals surface area contributed by atoms with Gasteiger partial charge in [0.25, 0.3) is 0 Å². The number of fused-ring (bicyclic) bond motifs is 2. The molecule has 4 aromatic rings. The van der Waals surface area contributed by atoms with Crippen LogP contribution in [0.2, 0.25) is 0 Å². The normalized spacial score (nSPS) is 26.7. The summed E-state index contributed by atoms with van der Waals surface area (Å²) in [7, 11) is 0. The summed E-state index contributed by atoms with van der Waals surface area (Å²) in [5.41, 5.74) is 4.18. The van der Waals surface area contributed by atoms with Crippen molar-refractivity contribution in [3.63, 3.8) is 0 Å². The van der Waals surface area contributed by atoms with E-state index in [4.69, 9.17) is 0 Å². The van der Waals surface area contributed by atoms with Crippen LogP contribution in [0, 0.1) is 29.7 Å². The minimum Gasteiger partial charge on any atom is -0.392 e. The third-order valence-corrected chi connectivity index (χ3v) is 8.10. The van der Waals surface area contributed by atoms with Crippen molar-refractivity contribution in [2.24, 2.45) is 23.7 Å². The summed E-state index contributed by atoms with van der Waals surface area (Å²) in [6, 6.07) is 28.1. The maximum absolute atomic E-state index is 10.1. The van der Waals surface area contributed by atoms with E-state index in [1.54, 1.807) is 0 Å². The van der Waals surface area contributed by atoms with Crippen molar-refractivity contribution in [3.8, 4) is 17.1 Å². The Bertz CT molecular complexity index is 1220. The van der Waals surface area contributed by atoms with E-state index in [0.29, 0.717) is 17.8 Å². The molecular formula is C31H35IrN2O2-. The van der Waals surface area contributed by atoms with Gasteiger partial charge in [-0.2, -0.15) is 0 Å². The second kappa shape index (κ2) is 11.8. The molecule has 1 radical (unpaired) electrons. The average molecular weight is 660 g/mol. The van der Waals surface area contributed by atoms with Gasteiger partial charge in [0.1, 0.15) is 0 Å². The first-order valence-corrected chi connectivity index (χ1v) is 13.0. The van der Waals surface area contributed by atoms with E-state index in [0.717, 1.165) is 53.7 Å². The molecule has 2 aliphatic carbocycles. The third-order valence-electron chi connectivity index (χ3n) is 8.10. The molecule has 2 aliphatic rings. The Morgan fingerprint density at radius 3 is 2.03 bits per heavy atom. The van der Waals surface area contributed by atoms with Crippen molar-refractivity contribution in [2.45, 2.75) is 51.7 Å². The molecule has 4 unspecified atom stereocenters. The largest absolute Gasteiger partial charge is 0.392 e. The number of para-hydroxylation sites is 2. The smallest absolute Gasteiger partial charge is 0.0623 e. The molecule has 4 nitrogen and oxygen atoms in total. The van der Waals surface area contributed by atoms with Crippen molar-refractivity contribution in [2.75, 3.05) is 0 Å². The van der Waals surface area contributed by atoms with E-state index >= 15 is 0 Å². The molecule has 36 heavy (non-hydrogen) atoms. The minimum absolute atomic E-state index is 0. The molecule has 2 aromatic carbocycles. The van der Waals surface area contributed by atoms with Crippen LogP contribution in [-0.4, -0.2) is 32.0 Å². The number of benzene rings is 2. The fourth-order valence-electron chi connectivity index (χ4n) is 6.28. The zero-order valence-electron chi connectivity index (χ0n) is 20.9. The number of aliphatic hydroxyl groups excluding tert-OH is 2. The van der Waals surface area contributed by atoms with Gasteiger partial charge in [-0.05, 0) is 60.0 Å². The zero-order valence-corrected chi connectivity index (χ0v) is 23.3. The Balaban J connectivity index is 0.000000178. The molecule has 2 fully saturated rings. The van der Waals surface area contributed by atoms with Crippen molar-refractivity contribution in [3.05, 3.63) is 85.1 Å². The average Bonchev–Trinajstić information content (AvgIpc) is 3.55. The van der Waals surface area contributed by atoms with Gasteiger partial charge in [-0.25, -0.2) is 0 Å². The summed E-state index contributed by atoms with van der Waals surface area (Å²) in [4.78, 5) is 4.48. The molecule has 2 heterocycles. The summed E-state index contributed by atoms with van der Waals surface area (Å²) in [5, 5.41) is 21.3. The predicted molar refractivity (Wildman–Crippen MR) is 141 cm³/mol. The summed E-state index contributed by atoms with van der Waals surface area (Å²) in [6.07, 6.45) is 5.71. The van der Waals surface area contributed by atoms with Gasteiger partial charge in [0.2, 0.25) is 0 Å². The van der Waals surface area contributed by atoms with Crippen molar-refractivity contribution >= 4 is 10.9 Å². The van der Waals surface area contributed by atoms with Gasteiger partial charge >= 0.3 is 0 Å². The van der Waals surface area contributed by atoms with Crippen molar-refractivity contribution in [1.29, 1.82) is 0 Å². The molecule has 0 aliphatic heterocycles. The Hall–Kier alpha value is -2.30. The Labute approximate surface area is 227 Å². The topological polar surface area (TPSA) is 58.3 Å². The number of hydrogen-bond donors (Lipinski definition) is 2. The monoisotopic (exact) mass is 660 g/mol. The Morgan fingerprint density at radius 1 is 0.833 bits per heavy atom. The summed E-state index contributed by atoms with van der Waals surface area (Å²) in [6.45, 7) is 4.28. The van der Waals surface area contributed by atoms with Crippen LogP contribution in [0.25, 0.3) is 28.0 Å². The van der Waals surface area contributed by atoms with Crippen LogP contribution < -0.4 is 0 Å². The van der Waals surface area contributed by atoms with Gasteiger partial charge in [0.05, 0.1) is 12.2 Å². The Kier molecular flexibility index (Phi) is 8.79. The van der Waals surface area contributed by atoms with Gasteiger partial charge in [-0.3, -0.25) is 0 Å². The van der Waals surface area contributed by atoms with Crippen LogP contribution in [0.4, 0.5) is 0 Å². The van der Waals surface area contributed by atoms with Gasteiger partial charge in [-0.1, -0.05) is 69.2 Å². The van der Waals surface area contributed by atoms with E-state index in [1.807, 2.05) is 48.7 Å². The number of hydrogen-bond acceptors (Lipinski definition) is 3. The zero-order chi connectivity index (χ0) is 24.4. The van der Waals surface area contributed by atoms with Crippen LogP contribution >= 0.6 is 0 Å². The summed E-state index contributed by atoms with van der Waals surface area (Å²) < 4.78 is 2.21. The second-order valence-corrected chi connectivity index (χ2v) is 10.0. The molecule has 6 atom stereocenters. The second-order valence-electron chi connectivity index (χ2n) is 10.0. The van der Waals surface area contributed by atoms with Crippen molar-refractivity contribution < 1.29 is 30.3 Å². The fourth-order valence-corrected chi connectivity index (χ4v) is 6.28. The Morgan fingerprint density at radius 2 is 1.44 bits per heavy atom. The molecule has 2 aromatic heterocycles. The molecule has 2 saturated carbocycles. The SMILES string of the molecule is CC[C@@H]1CC2C[C@H](CC)C(O)C2C1O.[Ir].[c-]1c(-c2ccccn2)n(-c2ccccc2)c2ccccc12. The molecule has 6 rings (SSSR count). The molecular weight excluding hydrogens is 625 g/mol. The van der Waals surface area contributed by atoms with Gasteiger partial charge in [0.15, 0.2) is 0 Å². The van der Waals surface area contributed by atoms with Crippen LogP contribution in [0.15, 0.2) is 79.0 Å². The minimum atomic E-state index is -0.239. The first-order valence-electron chi connectivity index (χ1n) is 13.0. The van der Waals surface area contributed by atoms with Crippen molar-refractivity contribution in [1.82, 2.24) is 9.55 Å². The number of aromatic nitrogens is 2. The predicted octanol–water partition coefficient (Wildman–Crippen LogP) is 6.29. The van der Waals surface area contributed by atoms with Crippen LogP contribution in [-0.2, 0) is 20.1 Å². The van der Waals surface area contributed by atoms with Gasteiger partial charge in [-0.15, -0.1) is 23.6 Å². The maximum Gasteiger partial charge on any atom is 0.0623 e. The fraction of sp³-hybridized carbons (Fsp3) is 0.387. The first kappa shape index (κ1) is 26.8. The number of rotatable bonds is 4. The van der Waals surface area contributed by atoms with Gasteiger partial charge < -0.3 is 19.8 Å². The molecule has 0 bridgehead atoms. The molecule has 191 valence electrons. The number of pyridine rings is 1. The third kappa shape index (κ3) is 5.08. The van der Waals surface area contributed by atoms with Crippen LogP contribution in [0.3, 0.4) is 0 Å². The van der Waals surface area contributed by atoms with Gasteiger partial charge in [0, 0.05) is 43.6 Å². The number of aliphatic hydroxyl groups is 2. The van der Waals surface area contributed by atoms with E-state index in [-0.39, 0.29) is 38.2 Å². The molecule has 0 saturated heterocycles. The van der Waals surface area contributed by atoms with E-state index in [9.17, 15) is 10.2 Å². The van der Waals surface area contributed by atoms with Crippen LogP contribution in [0.1, 0.15) is 39.5 Å². The summed E-state index contributed by atoms with van der Waals surface area (Å²) in [5.74, 6) is 1.66. The molecule has 2 N–H and O–H groups in total. The maximum atomic E-state index is 10.1.